The number of esters is 2. The van der Waals surface area contributed by atoms with Gasteiger partial charge in [-0.15, -0.1) is 0 Å². The first-order chi connectivity index (χ1) is 45.0. The quantitative estimate of drug-likeness (QED) is 0.0195. The van der Waals surface area contributed by atoms with E-state index in [0.29, 0.717) is 17.4 Å². The molecule has 0 saturated heterocycles. The van der Waals surface area contributed by atoms with E-state index in [9.17, 15) is 19.0 Å². The zero-order valence-corrected chi connectivity index (χ0v) is 61.6. The Morgan fingerprint density at radius 2 is 0.620 bits per heavy atom. The van der Waals surface area contributed by atoms with Gasteiger partial charge in [-0.1, -0.05) is 342 Å². The second-order valence-electron chi connectivity index (χ2n) is 27.0. The molecule has 0 aliphatic rings. The van der Waals surface area contributed by atoms with E-state index >= 15 is 0 Å². The molecule has 0 rings (SSSR count). The highest BCUT2D eigenvalue weighted by Gasteiger charge is 2.22. The molecule has 0 bridgehead atoms. The SMILES string of the molecule is CC/C=C\C/C=C\C/C=C\C/C=C\C/C=C\C/C=C\C/C=C\CCCCCCCCCCCCCCCC(=O)OC(COC(=O)CCCCCCCCCCCCCCCCCCCCCCC/C=C\C/C=C\CCCCCCC)COP(=O)([O-])OCC[N+](C)(C)C. The van der Waals surface area contributed by atoms with Crippen LogP contribution < -0.4 is 4.89 Å². The number of phosphoric acid groups is 1. The van der Waals surface area contributed by atoms with Crippen LogP contribution in [0.5, 0.6) is 0 Å². The minimum Gasteiger partial charge on any atom is -0.756 e. The fraction of sp³-hybridized carbons (Fsp3) is 0.756. The van der Waals surface area contributed by atoms with E-state index in [1.807, 2.05) is 21.1 Å². The average molecular weight is 1310 g/mol. The molecule has 0 radical (unpaired) electrons. The lowest BCUT2D eigenvalue weighted by Gasteiger charge is -2.28. The smallest absolute Gasteiger partial charge is 0.306 e. The van der Waals surface area contributed by atoms with Gasteiger partial charge < -0.3 is 27.9 Å². The number of carbonyl (C=O) groups excluding carboxylic acids is 2. The van der Waals surface area contributed by atoms with Gasteiger partial charge >= 0.3 is 11.9 Å². The van der Waals surface area contributed by atoms with Crippen molar-refractivity contribution in [2.75, 3.05) is 47.5 Å². The molecule has 0 aliphatic carbocycles. The maximum absolute atomic E-state index is 12.9. The molecule has 0 heterocycles. The molecular weight excluding hydrogens is 1160 g/mol. The molecule has 0 amide bonds. The maximum atomic E-state index is 12.9. The molecule has 0 saturated carbocycles. The summed E-state index contributed by atoms with van der Waals surface area (Å²) in [7, 11) is 1.17. The first kappa shape index (κ1) is 88.7. The summed E-state index contributed by atoms with van der Waals surface area (Å²) in [6.45, 7) is 4.15. The Bertz CT molecular complexity index is 1920. The van der Waals surface area contributed by atoms with Crippen LogP contribution in [0.1, 0.15) is 348 Å². The van der Waals surface area contributed by atoms with Crippen LogP contribution in [0.4, 0.5) is 0 Å². The molecular formula is C82H146NO8P. The first-order valence-electron chi connectivity index (χ1n) is 38.6. The fourth-order valence-electron chi connectivity index (χ4n) is 10.9. The summed E-state index contributed by atoms with van der Waals surface area (Å²) < 4.78 is 34.4. The van der Waals surface area contributed by atoms with Crippen molar-refractivity contribution in [3.63, 3.8) is 0 Å². The predicted molar refractivity (Wildman–Crippen MR) is 397 cm³/mol. The largest absolute Gasteiger partial charge is 0.756 e. The van der Waals surface area contributed by atoms with Gasteiger partial charge in [-0.05, 0) is 103 Å². The second kappa shape index (κ2) is 72.0. The number of hydrogen-bond acceptors (Lipinski definition) is 8. The van der Waals surface area contributed by atoms with Crippen LogP contribution in [0.2, 0.25) is 0 Å². The molecule has 0 aromatic carbocycles. The van der Waals surface area contributed by atoms with Crippen molar-refractivity contribution in [3.8, 4) is 0 Å². The van der Waals surface area contributed by atoms with E-state index in [4.69, 9.17) is 18.5 Å². The van der Waals surface area contributed by atoms with E-state index in [-0.39, 0.29) is 32.0 Å². The van der Waals surface area contributed by atoms with Crippen LogP contribution in [0.15, 0.2) is 109 Å². The minimum absolute atomic E-state index is 0.0331. The zero-order chi connectivity index (χ0) is 66.9. The van der Waals surface area contributed by atoms with Gasteiger partial charge in [-0.25, -0.2) is 0 Å². The van der Waals surface area contributed by atoms with Gasteiger partial charge in [0.15, 0.2) is 6.10 Å². The number of rotatable bonds is 71. The van der Waals surface area contributed by atoms with Crippen molar-refractivity contribution in [2.24, 2.45) is 0 Å². The van der Waals surface area contributed by atoms with Crippen molar-refractivity contribution in [1.29, 1.82) is 0 Å². The number of carbonyl (C=O) groups is 2. The van der Waals surface area contributed by atoms with Crippen molar-refractivity contribution < 1.29 is 42.1 Å². The van der Waals surface area contributed by atoms with Crippen LogP contribution in [0, 0.1) is 0 Å². The highest BCUT2D eigenvalue weighted by Crippen LogP contribution is 2.38. The number of ether oxygens (including phenoxy) is 2. The van der Waals surface area contributed by atoms with E-state index in [1.54, 1.807) is 0 Å². The van der Waals surface area contributed by atoms with Gasteiger partial charge in [0.05, 0.1) is 27.7 Å². The molecule has 0 N–H and O–H groups in total. The van der Waals surface area contributed by atoms with Crippen LogP contribution in [-0.4, -0.2) is 70.0 Å². The lowest BCUT2D eigenvalue weighted by molar-refractivity contribution is -0.870. The lowest BCUT2D eigenvalue weighted by Crippen LogP contribution is -2.37. The molecule has 0 aliphatic heterocycles. The zero-order valence-electron chi connectivity index (χ0n) is 60.7. The third-order valence-electron chi connectivity index (χ3n) is 16.8. The summed E-state index contributed by atoms with van der Waals surface area (Å²) in [4.78, 5) is 38.2. The standard InChI is InChI=1S/C82H146NO8P/c1-6-8-10-12-14-16-18-20-22-24-26-28-30-32-34-36-38-40-41-43-45-47-49-51-53-55-57-59-61-63-65-67-69-71-73-75-82(85)91-80(79-90-92(86,87)89-77-76-83(3,4)5)78-88-81(84)74-72-70-68-66-64-62-60-58-56-54-52-50-48-46-44-42-39-37-35-33-31-29-27-25-23-21-19-17-15-13-11-9-7-2/h8,10,14,16,19-22,25-28,32,34,38,40,43,45,80H,6-7,9,11-13,15,17-18,23-24,29-31,33,35-37,39,41-42,44,46-79H2,1-5H3/b10-8-,16-14-,21-19-,22-20-,27-25-,28-26-,34-32-,40-38-,45-43-. The van der Waals surface area contributed by atoms with E-state index in [0.717, 1.165) is 89.9 Å². The summed E-state index contributed by atoms with van der Waals surface area (Å²) in [5.74, 6) is -0.824. The molecule has 532 valence electrons. The molecule has 2 unspecified atom stereocenters. The molecule has 10 heteroatoms. The summed E-state index contributed by atoms with van der Waals surface area (Å²) >= 11 is 0. The van der Waals surface area contributed by atoms with Crippen molar-refractivity contribution >= 4 is 19.8 Å². The number of hydrogen-bond donors (Lipinski definition) is 0. The van der Waals surface area contributed by atoms with Crippen LogP contribution >= 0.6 is 7.82 Å². The first-order valence-corrected chi connectivity index (χ1v) is 40.1. The highest BCUT2D eigenvalue weighted by atomic mass is 31.2. The Morgan fingerprint density at radius 1 is 0.348 bits per heavy atom. The third-order valence-corrected chi connectivity index (χ3v) is 17.7. The van der Waals surface area contributed by atoms with E-state index in [2.05, 4.69) is 123 Å². The number of unbranched alkanes of at least 4 members (excludes halogenated alkanes) is 39. The summed E-state index contributed by atoms with van der Waals surface area (Å²) in [6, 6.07) is 0. The molecule has 9 nitrogen and oxygen atoms in total. The van der Waals surface area contributed by atoms with E-state index in [1.165, 1.54) is 225 Å². The minimum atomic E-state index is -4.65. The monoisotopic (exact) mass is 1300 g/mol. The van der Waals surface area contributed by atoms with Gasteiger partial charge in [-0.3, -0.25) is 14.2 Å². The van der Waals surface area contributed by atoms with Crippen LogP contribution in [0.25, 0.3) is 0 Å². The molecule has 0 spiro atoms. The summed E-state index contributed by atoms with van der Waals surface area (Å²) in [6.07, 6.45) is 102. The number of quaternary nitrogens is 1. The number of allylic oxidation sites excluding steroid dienone is 18. The second-order valence-corrected chi connectivity index (χ2v) is 28.4. The third kappa shape index (κ3) is 75.7. The van der Waals surface area contributed by atoms with Crippen molar-refractivity contribution in [2.45, 2.75) is 354 Å². The number of likely N-dealkylation sites (N-methyl/N-ethyl adjacent to an activating group) is 1. The van der Waals surface area contributed by atoms with Crippen LogP contribution in [0.3, 0.4) is 0 Å². The van der Waals surface area contributed by atoms with E-state index < -0.39 is 26.5 Å². The Morgan fingerprint density at radius 3 is 0.924 bits per heavy atom. The van der Waals surface area contributed by atoms with Crippen molar-refractivity contribution in [1.82, 2.24) is 0 Å². The summed E-state index contributed by atoms with van der Waals surface area (Å²) in [5, 5.41) is 0. The number of phosphoric ester groups is 1. The van der Waals surface area contributed by atoms with Crippen LogP contribution in [-0.2, 0) is 32.7 Å². The Kier molecular flexibility index (Phi) is 69.3. The maximum Gasteiger partial charge on any atom is 0.306 e. The normalized spacial score (nSPS) is 13.7. The lowest BCUT2D eigenvalue weighted by atomic mass is 10.0. The summed E-state index contributed by atoms with van der Waals surface area (Å²) in [5.41, 5.74) is 0. The topological polar surface area (TPSA) is 111 Å². The molecule has 0 aromatic heterocycles. The highest BCUT2D eigenvalue weighted by molar-refractivity contribution is 7.45. The fourth-order valence-corrected chi connectivity index (χ4v) is 11.6. The van der Waals surface area contributed by atoms with Gasteiger partial charge in [0.2, 0.25) is 0 Å². The molecule has 0 aromatic rings. The Labute approximate surface area is 569 Å². The molecule has 2 atom stereocenters. The van der Waals surface area contributed by atoms with Gasteiger partial charge in [0, 0.05) is 12.8 Å². The van der Waals surface area contributed by atoms with Gasteiger partial charge in [0.1, 0.15) is 19.8 Å². The molecule has 92 heavy (non-hydrogen) atoms. The molecule has 0 fully saturated rings. The Hall–Kier alpha value is -3.33. The van der Waals surface area contributed by atoms with Crippen molar-refractivity contribution in [3.05, 3.63) is 109 Å². The van der Waals surface area contributed by atoms with Gasteiger partial charge in [-0.2, -0.15) is 0 Å². The number of nitrogens with zero attached hydrogens (tertiary/aromatic N) is 1. The predicted octanol–water partition coefficient (Wildman–Crippen LogP) is 25.0. The average Bonchev–Trinajstić information content (AvgIpc) is 2.14. The Balaban J connectivity index is 4.00. The van der Waals surface area contributed by atoms with Gasteiger partial charge in [0.25, 0.3) is 7.82 Å².